The lowest BCUT2D eigenvalue weighted by Crippen LogP contribution is -2.45. The number of carbonyl (C=O) groups is 2. The number of hydrogen-bond acceptors (Lipinski definition) is 2. The zero-order valence-electron chi connectivity index (χ0n) is 11.7. The van der Waals surface area contributed by atoms with Gasteiger partial charge in [-0.15, -0.1) is 0 Å². The molecule has 0 aromatic rings. The Morgan fingerprint density at radius 1 is 1.22 bits per heavy atom. The van der Waals surface area contributed by atoms with E-state index in [0.717, 1.165) is 32.2 Å². The Balaban J connectivity index is 2.80. The Morgan fingerprint density at radius 3 is 2.22 bits per heavy atom. The van der Waals surface area contributed by atoms with Gasteiger partial charge in [0.25, 0.3) is 0 Å². The molecule has 1 fully saturated rings. The van der Waals surface area contributed by atoms with Crippen molar-refractivity contribution in [3.63, 3.8) is 0 Å². The van der Waals surface area contributed by atoms with E-state index in [1.807, 2.05) is 25.7 Å². The van der Waals surface area contributed by atoms with Crippen LogP contribution in [0.1, 0.15) is 52.9 Å². The fourth-order valence-corrected chi connectivity index (χ4v) is 2.80. The minimum Gasteiger partial charge on any atom is -0.481 e. The van der Waals surface area contributed by atoms with Gasteiger partial charge in [0.05, 0.1) is 11.8 Å². The van der Waals surface area contributed by atoms with E-state index in [-0.39, 0.29) is 17.9 Å². The van der Waals surface area contributed by atoms with E-state index < -0.39 is 11.9 Å². The first-order valence-corrected chi connectivity index (χ1v) is 7.02. The van der Waals surface area contributed by atoms with Crippen molar-refractivity contribution >= 4 is 11.9 Å². The second kappa shape index (κ2) is 6.76. The Bertz CT molecular complexity index is 301. The molecule has 1 aliphatic carbocycles. The average molecular weight is 255 g/mol. The fraction of sp³-hybridized carbons (Fsp3) is 0.857. The van der Waals surface area contributed by atoms with E-state index in [9.17, 15) is 14.7 Å². The van der Waals surface area contributed by atoms with E-state index in [4.69, 9.17) is 0 Å². The van der Waals surface area contributed by atoms with Crippen LogP contribution in [0.4, 0.5) is 0 Å². The van der Waals surface area contributed by atoms with Crippen molar-refractivity contribution in [2.24, 2.45) is 11.8 Å². The summed E-state index contributed by atoms with van der Waals surface area (Å²) in [5, 5.41) is 9.24. The predicted octanol–water partition coefficient (Wildman–Crippen LogP) is 2.52. The number of aliphatic carboxylic acids is 1. The van der Waals surface area contributed by atoms with Crippen LogP contribution in [0.15, 0.2) is 0 Å². The molecule has 1 aliphatic rings. The SMILES string of the molecule is CCCN(C(=O)C1CCCCC1C(=O)O)C(C)C. The van der Waals surface area contributed by atoms with Crippen LogP contribution in [-0.2, 0) is 9.59 Å². The first-order valence-electron chi connectivity index (χ1n) is 7.02. The molecule has 104 valence electrons. The van der Waals surface area contributed by atoms with Gasteiger partial charge in [-0.05, 0) is 33.1 Å². The molecule has 0 aromatic carbocycles. The second-order valence-corrected chi connectivity index (χ2v) is 5.46. The van der Waals surface area contributed by atoms with Gasteiger partial charge in [0, 0.05) is 12.6 Å². The molecule has 1 saturated carbocycles. The van der Waals surface area contributed by atoms with E-state index in [2.05, 4.69) is 0 Å². The van der Waals surface area contributed by atoms with Gasteiger partial charge in [0.2, 0.25) is 5.91 Å². The lowest BCUT2D eigenvalue weighted by atomic mass is 9.78. The molecule has 0 spiro atoms. The van der Waals surface area contributed by atoms with Crippen LogP contribution < -0.4 is 0 Å². The van der Waals surface area contributed by atoms with Gasteiger partial charge in [0.15, 0.2) is 0 Å². The summed E-state index contributed by atoms with van der Waals surface area (Å²) in [6.07, 6.45) is 4.18. The predicted molar refractivity (Wildman–Crippen MR) is 70.2 cm³/mol. The summed E-state index contributed by atoms with van der Waals surface area (Å²) in [4.78, 5) is 25.6. The number of hydrogen-bond donors (Lipinski definition) is 1. The van der Waals surface area contributed by atoms with Gasteiger partial charge in [-0.3, -0.25) is 9.59 Å². The van der Waals surface area contributed by atoms with Crippen molar-refractivity contribution in [1.29, 1.82) is 0 Å². The molecule has 1 N–H and O–H groups in total. The number of carboxylic acid groups (broad SMARTS) is 1. The van der Waals surface area contributed by atoms with Crippen molar-refractivity contribution in [3.05, 3.63) is 0 Å². The highest BCUT2D eigenvalue weighted by molar-refractivity contribution is 5.85. The summed E-state index contributed by atoms with van der Waals surface area (Å²) in [5.74, 6) is -1.57. The molecule has 2 unspecified atom stereocenters. The molecule has 18 heavy (non-hydrogen) atoms. The van der Waals surface area contributed by atoms with Crippen LogP contribution in [-0.4, -0.2) is 34.5 Å². The Labute approximate surface area is 109 Å². The number of nitrogens with zero attached hydrogens (tertiary/aromatic N) is 1. The van der Waals surface area contributed by atoms with Crippen LogP contribution >= 0.6 is 0 Å². The van der Waals surface area contributed by atoms with E-state index in [1.54, 1.807) is 0 Å². The molecule has 0 aliphatic heterocycles. The lowest BCUT2D eigenvalue weighted by molar-refractivity contribution is -0.153. The van der Waals surface area contributed by atoms with E-state index in [1.165, 1.54) is 0 Å². The van der Waals surface area contributed by atoms with Crippen molar-refractivity contribution in [1.82, 2.24) is 4.90 Å². The number of amides is 1. The van der Waals surface area contributed by atoms with Crippen molar-refractivity contribution < 1.29 is 14.7 Å². The highest BCUT2D eigenvalue weighted by Gasteiger charge is 2.38. The Kier molecular flexibility index (Phi) is 5.63. The molecular formula is C14H25NO3. The van der Waals surface area contributed by atoms with Gasteiger partial charge < -0.3 is 10.0 Å². The third-order valence-corrected chi connectivity index (χ3v) is 3.77. The highest BCUT2D eigenvalue weighted by Crippen LogP contribution is 2.32. The fourth-order valence-electron chi connectivity index (χ4n) is 2.80. The van der Waals surface area contributed by atoms with Crippen LogP contribution in [0.25, 0.3) is 0 Å². The van der Waals surface area contributed by atoms with Gasteiger partial charge in [-0.2, -0.15) is 0 Å². The molecule has 0 saturated heterocycles. The first-order chi connectivity index (χ1) is 8.49. The third kappa shape index (κ3) is 3.47. The van der Waals surface area contributed by atoms with Crippen LogP contribution in [0.3, 0.4) is 0 Å². The molecule has 1 amide bonds. The number of rotatable bonds is 5. The molecule has 0 aromatic heterocycles. The molecule has 0 radical (unpaired) electrons. The summed E-state index contributed by atoms with van der Waals surface area (Å²) in [6.45, 7) is 6.75. The van der Waals surface area contributed by atoms with Crippen LogP contribution in [0.2, 0.25) is 0 Å². The minimum atomic E-state index is -0.812. The summed E-state index contributed by atoms with van der Waals surface area (Å²) >= 11 is 0. The van der Waals surface area contributed by atoms with Gasteiger partial charge in [-0.1, -0.05) is 19.8 Å². The second-order valence-electron chi connectivity index (χ2n) is 5.46. The molecule has 0 heterocycles. The van der Waals surface area contributed by atoms with Crippen molar-refractivity contribution in [2.75, 3.05) is 6.54 Å². The van der Waals surface area contributed by atoms with Gasteiger partial charge >= 0.3 is 5.97 Å². The molecule has 2 atom stereocenters. The minimum absolute atomic E-state index is 0.0407. The van der Waals surface area contributed by atoms with Crippen molar-refractivity contribution in [3.8, 4) is 0 Å². The van der Waals surface area contributed by atoms with Gasteiger partial charge in [-0.25, -0.2) is 0 Å². The zero-order chi connectivity index (χ0) is 13.7. The van der Waals surface area contributed by atoms with E-state index >= 15 is 0 Å². The molecule has 1 rings (SSSR count). The Hall–Kier alpha value is -1.06. The van der Waals surface area contributed by atoms with E-state index in [0.29, 0.717) is 6.42 Å². The zero-order valence-corrected chi connectivity index (χ0v) is 11.7. The van der Waals surface area contributed by atoms with Crippen LogP contribution in [0, 0.1) is 11.8 Å². The monoisotopic (exact) mass is 255 g/mol. The largest absolute Gasteiger partial charge is 0.481 e. The third-order valence-electron chi connectivity index (χ3n) is 3.77. The Morgan fingerprint density at radius 2 is 1.78 bits per heavy atom. The maximum atomic E-state index is 12.5. The average Bonchev–Trinajstić information content (AvgIpc) is 2.34. The van der Waals surface area contributed by atoms with Gasteiger partial charge in [0.1, 0.15) is 0 Å². The maximum Gasteiger partial charge on any atom is 0.307 e. The molecule has 0 bridgehead atoms. The standard InChI is InChI=1S/C14H25NO3/c1-4-9-15(10(2)3)13(16)11-7-5-6-8-12(11)14(17)18/h10-12H,4-9H2,1-3H3,(H,17,18). The smallest absolute Gasteiger partial charge is 0.307 e. The topological polar surface area (TPSA) is 57.6 Å². The maximum absolute atomic E-state index is 12.5. The summed E-state index contributed by atoms with van der Waals surface area (Å²) < 4.78 is 0. The van der Waals surface area contributed by atoms with Crippen molar-refractivity contribution in [2.45, 2.75) is 58.9 Å². The lowest BCUT2D eigenvalue weighted by Gasteiger charge is -2.34. The first kappa shape index (κ1) is 15.0. The molecule has 4 nitrogen and oxygen atoms in total. The number of carboxylic acids is 1. The molecular weight excluding hydrogens is 230 g/mol. The summed E-state index contributed by atoms with van der Waals surface area (Å²) in [7, 11) is 0. The van der Waals surface area contributed by atoms with Crippen LogP contribution in [0.5, 0.6) is 0 Å². The molecule has 4 heteroatoms. The summed E-state index contributed by atoms with van der Waals surface area (Å²) in [6, 6.07) is 0.147. The highest BCUT2D eigenvalue weighted by atomic mass is 16.4. The summed E-state index contributed by atoms with van der Waals surface area (Å²) in [5.41, 5.74) is 0. The number of carbonyl (C=O) groups excluding carboxylic acids is 1. The normalized spacial score (nSPS) is 24.0. The quantitative estimate of drug-likeness (QED) is 0.821.